The van der Waals surface area contributed by atoms with Crippen molar-refractivity contribution in [2.45, 2.75) is 0 Å². The van der Waals surface area contributed by atoms with Gasteiger partial charge in [-0.3, -0.25) is 9.78 Å². The molecule has 5 nitrogen and oxygen atoms in total. The van der Waals surface area contributed by atoms with Crippen molar-refractivity contribution in [3.63, 3.8) is 0 Å². The molecule has 1 amide bonds. The fourth-order valence-electron chi connectivity index (χ4n) is 2.55. The van der Waals surface area contributed by atoms with Gasteiger partial charge in [0, 0.05) is 43.1 Å². The first-order chi connectivity index (χ1) is 11.1. The molecule has 1 saturated heterocycles. The standard InChI is InChI=1S/C17H19ClN4O/c1-21-5-7-22(8-6-21)17(23)13-9-16(12-19-11-13)20-15-4-2-3-14(18)10-15/h2-4,9-12,20H,5-8H2,1H3. The van der Waals surface area contributed by atoms with E-state index in [0.717, 1.165) is 37.6 Å². The number of benzene rings is 1. The number of hydrogen-bond acceptors (Lipinski definition) is 4. The summed E-state index contributed by atoms with van der Waals surface area (Å²) in [5.74, 6) is 0.0281. The predicted molar refractivity (Wildman–Crippen MR) is 92.4 cm³/mol. The summed E-state index contributed by atoms with van der Waals surface area (Å²) >= 11 is 5.99. The predicted octanol–water partition coefficient (Wildman–Crippen LogP) is 2.87. The van der Waals surface area contributed by atoms with Crippen molar-refractivity contribution in [2.24, 2.45) is 0 Å². The number of hydrogen-bond donors (Lipinski definition) is 1. The molecule has 1 aliphatic heterocycles. The van der Waals surface area contributed by atoms with E-state index in [1.54, 1.807) is 12.4 Å². The van der Waals surface area contributed by atoms with Crippen molar-refractivity contribution in [2.75, 3.05) is 38.5 Å². The first kappa shape index (κ1) is 15.8. The molecule has 2 heterocycles. The van der Waals surface area contributed by atoms with Gasteiger partial charge >= 0.3 is 0 Å². The van der Waals surface area contributed by atoms with Crippen LogP contribution in [-0.4, -0.2) is 53.9 Å². The number of nitrogens with zero attached hydrogens (tertiary/aromatic N) is 3. The Kier molecular flexibility index (Phi) is 4.79. The minimum absolute atomic E-state index is 0.0281. The number of halogens is 1. The molecule has 23 heavy (non-hydrogen) atoms. The number of nitrogens with one attached hydrogen (secondary N) is 1. The molecule has 1 aromatic heterocycles. The molecule has 0 saturated carbocycles. The van der Waals surface area contributed by atoms with E-state index in [1.165, 1.54) is 0 Å². The van der Waals surface area contributed by atoms with Crippen LogP contribution >= 0.6 is 11.6 Å². The van der Waals surface area contributed by atoms with Gasteiger partial charge in [0.1, 0.15) is 0 Å². The maximum absolute atomic E-state index is 12.6. The number of anilines is 2. The monoisotopic (exact) mass is 330 g/mol. The molecule has 0 unspecified atom stereocenters. The second kappa shape index (κ2) is 6.98. The van der Waals surface area contributed by atoms with Gasteiger partial charge in [0.25, 0.3) is 5.91 Å². The lowest BCUT2D eigenvalue weighted by Crippen LogP contribution is -2.47. The lowest BCUT2D eigenvalue weighted by atomic mass is 10.2. The van der Waals surface area contributed by atoms with Gasteiger partial charge in [-0.05, 0) is 31.3 Å². The fraction of sp³-hybridized carbons (Fsp3) is 0.294. The molecule has 0 radical (unpaired) electrons. The third-order valence-corrected chi connectivity index (χ3v) is 4.12. The molecular formula is C17H19ClN4O. The van der Waals surface area contributed by atoms with E-state index in [0.29, 0.717) is 10.6 Å². The Morgan fingerprint density at radius 1 is 1.13 bits per heavy atom. The Labute approximate surface area is 140 Å². The zero-order valence-corrected chi connectivity index (χ0v) is 13.8. The quantitative estimate of drug-likeness (QED) is 0.940. The van der Waals surface area contributed by atoms with Gasteiger partial charge in [0.15, 0.2) is 0 Å². The van der Waals surface area contributed by atoms with E-state index >= 15 is 0 Å². The Bertz CT molecular complexity index is 698. The molecule has 0 spiro atoms. The average Bonchev–Trinajstić information content (AvgIpc) is 2.55. The van der Waals surface area contributed by atoms with Crippen LogP contribution < -0.4 is 5.32 Å². The van der Waals surface area contributed by atoms with Crippen LogP contribution in [0.1, 0.15) is 10.4 Å². The molecule has 1 aromatic carbocycles. The third-order valence-electron chi connectivity index (χ3n) is 3.89. The van der Waals surface area contributed by atoms with Gasteiger partial charge in [-0.15, -0.1) is 0 Å². The van der Waals surface area contributed by atoms with Crippen molar-refractivity contribution in [1.82, 2.24) is 14.8 Å². The van der Waals surface area contributed by atoms with Gasteiger partial charge < -0.3 is 15.1 Å². The zero-order chi connectivity index (χ0) is 16.2. The molecule has 6 heteroatoms. The third kappa shape index (κ3) is 4.00. The lowest BCUT2D eigenvalue weighted by molar-refractivity contribution is 0.0663. The van der Waals surface area contributed by atoms with Crippen molar-refractivity contribution in [3.05, 3.63) is 53.3 Å². The van der Waals surface area contributed by atoms with Gasteiger partial charge in [0.05, 0.1) is 17.4 Å². The van der Waals surface area contributed by atoms with E-state index in [1.807, 2.05) is 35.2 Å². The van der Waals surface area contributed by atoms with Crippen LogP contribution in [0, 0.1) is 0 Å². The summed E-state index contributed by atoms with van der Waals surface area (Å²) in [5, 5.41) is 3.88. The smallest absolute Gasteiger partial charge is 0.255 e. The van der Waals surface area contributed by atoms with Crippen molar-refractivity contribution >= 4 is 28.9 Å². The summed E-state index contributed by atoms with van der Waals surface area (Å²) in [6.07, 6.45) is 3.31. The molecule has 2 aromatic rings. The van der Waals surface area contributed by atoms with Gasteiger partial charge in [-0.25, -0.2) is 0 Å². The number of likely N-dealkylation sites (N-methyl/N-ethyl adjacent to an activating group) is 1. The minimum atomic E-state index is 0.0281. The summed E-state index contributed by atoms with van der Waals surface area (Å²) < 4.78 is 0. The summed E-state index contributed by atoms with van der Waals surface area (Å²) in [7, 11) is 2.07. The summed E-state index contributed by atoms with van der Waals surface area (Å²) in [6.45, 7) is 3.31. The van der Waals surface area contributed by atoms with Crippen molar-refractivity contribution in [3.8, 4) is 0 Å². The van der Waals surface area contributed by atoms with E-state index < -0.39 is 0 Å². The minimum Gasteiger partial charge on any atom is -0.354 e. The van der Waals surface area contributed by atoms with E-state index in [9.17, 15) is 4.79 Å². The SMILES string of the molecule is CN1CCN(C(=O)c2cncc(Nc3cccc(Cl)c3)c2)CC1. The van der Waals surface area contributed by atoms with Crippen LogP contribution in [-0.2, 0) is 0 Å². The van der Waals surface area contributed by atoms with E-state index in [4.69, 9.17) is 11.6 Å². The topological polar surface area (TPSA) is 48.5 Å². The highest BCUT2D eigenvalue weighted by Gasteiger charge is 2.20. The second-order valence-electron chi connectivity index (χ2n) is 5.69. The van der Waals surface area contributed by atoms with Crippen molar-refractivity contribution < 1.29 is 4.79 Å². The Morgan fingerprint density at radius 2 is 1.91 bits per heavy atom. The molecule has 1 N–H and O–H groups in total. The van der Waals surface area contributed by atoms with Gasteiger partial charge in [-0.1, -0.05) is 17.7 Å². The molecule has 1 aliphatic rings. The first-order valence-electron chi connectivity index (χ1n) is 7.57. The number of rotatable bonds is 3. The maximum atomic E-state index is 12.6. The van der Waals surface area contributed by atoms with Crippen molar-refractivity contribution in [1.29, 1.82) is 0 Å². The molecule has 3 rings (SSSR count). The first-order valence-corrected chi connectivity index (χ1v) is 7.95. The van der Waals surface area contributed by atoms with Gasteiger partial charge in [0.2, 0.25) is 0 Å². The number of pyridine rings is 1. The summed E-state index contributed by atoms with van der Waals surface area (Å²) in [4.78, 5) is 20.9. The van der Waals surface area contributed by atoms with E-state index in [-0.39, 0.29) is 5.91 Å². The van der Waals surface area contributed by atoms with Crippen LogP contribution in [0.25, 0.3) is 0 Å². The van der Waals surface area contributed by atoms with Crippen LogP contribution in [0.5, 0.6) is 0 Å². The average molecular weight is 331 g/mol. The van der Waals surface area contributed by atoms with Crippen LogP contribution in [0.2, 0.25) is 5.02 Å². The van der Waals surface area contributed by atoms with Gasteiger partial charge in [-0.2, -0.15) is 0 Å². The lowest BCUT2D eigenvalue weighted by Gasteiger charge is -2.32. The Balaban J connectivity index is 1.73. The molecule has 0 bridgehead atoms. The fourth-order valence-corrected chi connectivity index (χ4v) is 2.74. The zero-order valence-electron chi connectivity index (χ0n) is 13.0. The van der Waals surface area contributed by atoms with Crippen LogP contribution in [0.4, 0.5) is 11.4 Å². The number of piperazine rings is 1. The largest absolute Gasteiger partial charge is 0.354 e. The molecule has 120 valence electrons. The van der Waals surface area contributed by atoms with Crippen LogP contribution in [0.15, 0.2) is 42.7 Å². The molecule has 0 atom stereocenters. The van der Waals surface area contributed by atoms with E-state index in [2.05, 4.69) is 22.2 Å². The second-order valence-corrected chi connectivity index (χ2v) is 6.13. The molecular weight excluding hydrogens is 312 g/mol. The number of carbonyl (C=O) groups excluding carboxylic acids is 1. The highest BCUT2D eigenvalue weighted by molar-refractivity contribution is 6.30. The highest BCUT2D eigenvalue weighted by Crippen LogP contribution is 2.20. The number of carbonyl (C=O) groups is 1. The summed E-state index contributed by atoms with van der Waals surface area (Å²) in [5.41, 5.74) is 2.23. The maximum Gasteiger partial charge on any atom is 0.255 e. The number of amides is 1. The summed E-state index contributed by atoms with van der Waals surface area (Å²) in [6, 6.07) is 9.27. The Morgan fingerprint density at radius 3 is 2.65 bits per heavy atom. The number of aromatic nitrogens is 1. The Hall–Kier alpha value is -2.11. The van der Waals surface area contributed by atoms with Crippen LogP contribution in [0.3, 0.4) is 0 Å². The molecule has 0 aliphatic carbocycles. The normalized spacial score (nSPS) is 15.5. The highest BCUT2D eigenvalue weighted by atomic mass is 35.5. The molecule has 1 fully saturated rings.